The van der Waals surface area contributed by atoms with Crippen molar-refractivity contribution in [3.05, 3.63) is 83.7 Å². The Hall–Kier alpha value is -3.71. The van der Waals surface area contributed by atoms with E-state index in [0.717, 1.165) is 49.0 Å². The highest BCUT2D eigenvalue weighted by molar-refractivity contribution is 7.89. The lowest BCUT2D eigenvalue weighted by atomic mass is 9.99. The van der Waals surface area contributed by atoms with Gasteiger partial charge in [-0.15, -0.1) is 0 Å². The summed E-state index contributed by atoms with van der Waals surface area (Å²) >= 11 is 0. The number of hydrogen-bond donors (Lipinski definition) is 0. The van der Waals surface area contributed by atoms with Crippen LogP contribution in [-0.4, -0.2) is 88.7 Å². The van der Waals surface area contributed by atoms with Crippen LogP contribution in [0.3, 0.4) is 0 Å². The summed E-state index contributed by atoms with van der Waals surface area (Å²) in [5, 5.41) is 0. The van der Waals surface area contributed by atoms with Crippen molar-refractivity contribution in [2.45, 2.75) is 24.0 Å². The fourth-order valence-corrected chi connectivity index (χ4v) is 6.63. The summed E-state index contributed by atoms with van der Waals surface area (Å²) in [6, 6.07) is 16.7. The second-order valence-corrected chi connectivity index (χ2v) is 12.4. The van der Waals surface area contributed by atoms with Gasteiger partial charge >= 0.3 is 6.16 Å². The quantitative estimate of drug-likeness (QED) is 0.239. The van der Waals surface area contributed by atoms with Crippen LogP contribution in [0.5, 0.6) is 17.2 Å². The van der Waals surface area contributed by atoms with Crippen LogP contribution in [0.2, 0.25) is 0 Å². The molecule has 0 saturated carbocycles. The van der Waals surface area contributed by atoms with Gasteiger partial charge in [-0.1, -0.05) is 0 Å². The first-order valence-electron chi connectivity index (χ1n) is 14.2. The minimum absolute atomic E-state index is 0.00109. The minimum atomic E-state index is -4.09. The second-order valence-electron chi connectivity index (χ2n) is 10.5. The highest BCUT2D eigenvalue weighted by Gasteiger charge is 2.39. The Labute approximate surface area is 251 Å². The third kappa shape index (κ3) is 7.63. The van der Waals surface area contributed by atoms with Crippen LogP contribution in [0.4, 0.5) is 9.18 Å². The molecule has 0 aromatic heterocycles. The number of sulfonamides is 1. The molecule has 2 aliphatic rings. The Kier molecular flexibility index (Phi) is 9.81. The number of piperazine rings is 1. The maximum atomic E-state index is 13.8. The standard InChI is InChI=1S/C31H36FN3O7S/c1-33-17-19-34(20-18-33)15-3-21-40-27-10-13-29-23(22-27)14-16-35(30(29)42-31(36)39-2)43(37,38)28-11-8-26(9-12-28)41-25-6-4-24(32)5-7-25/h4-13,22,30H,3,14-21H2,1-2H3. The van der Waals surface area contributed by atoms with Crippen LogP contribution in [0, 0.1) is 5.82 Å². The zero-order chi connectivity index (χ0) is 30.4. The molecule has 12 heteroatoms. The molecular weight excluding hydrogens is 577 g/mol. The largest absolute Gasteiger partial charge is 0.509 e. The molecule has 10 nitrogen and oxygen atoms in total. The maximum Gasteiger partial charge on any atom is 0.509 e. The van der Waals surface area contributed by atoms with Crippen molar-refractivity contribution in [1.82, 2.24) is 14.1 Å². The van der Waals surface area contributed by atoms with E-state index in [1.807, 2.05) is 6.07 Å². The highest BCUT2D eigenvalue weighted by atomic mass is 32.2. The molecule has 0 aliphatic carbocycles. The number of carbonyl (C=O) groups is 1. The Morgan fingerprint density at radius 2 is 1.56 bits per heavy atom. The first kappa shape index (κ1) is 30.7. The zero-order valence-corrected chi connectivity index (χ0v) is 25.1. The average Bonchev–Trinajstić information content (AvgIpc) is 3.01. The molecule has 2 heterocycles. The van der Waals surface area contributed by atoms with E-state index in [0.29, 0.717) is 35.8 Å². The first-order valence-corrected chi connectivity index (χ1v) is 15.6. The number of nitrogens with zero attached hydrogens (tertiary/aromatic N) is 3. The van der Waals surface area contributed by atoms with Crippen molar-refractivity contribution in [2.75, 3.05) is 60.0 Å². The van der Waals surface area contributed by atoms with Crippen LogP contribution in [0.25, 0.3) is 0 Å². The van der Waals surface area contributed by atoms with Crippen molar-refractivity contribution in [3.8, 4) is 17.2 Å². The van der Waals surface area contributed by atoms with Gasteiger partial charge < -0.3 is 28.7 Å². The van der Waals surface area contributed by atoms with Crippen molar-refractivity contribution >= 4 is 16.2 Å². The fraction of sp³-hybridized carbons (Fsp3) is 0.387. The van der Waals surface area contributed by atoms with Crippen LogP contribution >= 0.6 is 0 Å². The molecule has 0 radical (unpaired) electrons. The van der Waals surface area contributed by atoms with Gasteiger partial charge in [0.2, 0.25) is 10.0 Å². The van der Waals surface area contributed by atoms with Crippen LogP contribution in [0.15, 0.2) is 71.6 Å². The number of fused-ring (bicyclic) bond motifs is 1. The summed E-state index contributed by atoms with van der Waals surface area (Å²) in [6.45, 7) is 5.88. The third-order valence-corrected chi connectivity index (χ3v) is 9.44. The lowest BCUT2D eigenvalue weighted by Gasteiger charge is -2.35. The maximum absolute atomic E-state index is 13.8. The number of rotatable bonds is 10. The van der Waals surface area contributed by atoms with Gasteiger partial charge in [0.1, 0.15) is 23.1 Å². The predicted molar refractivity (Wildman–Crippen MR) is 157 cm³/mol. The van der Waals surface area contributed by atoms with Crippen LogP contribution < -0.4 is 9.47 Å². The predicted octanol–water partition coefficient (Wildman–Crippen LogP) is 4.66. The molecule has 230 valence electrons. The summed E-state index contributed by atoms with van der Waals surface area (Å²) < 4.78 is 63.7. The number of carbonyl (C=O) groups excluding carboxylic acids is 1. The third-order valence-electron chi connectivity index (χ3n) is 7.58. The Morgan fingerprint density at radius 3 is 2.23 bits per heavy atom. The van der Waals surface area contributed by atoms with Crippen molar-refractivity contribution in [3.63, 3.8) is 0 Å². The fourth-order valence-electron chi connectivity index (χ4n) is 5.14. The van der Waals surface area contributed by atoms with Gasteiger partial charge in [0.15, 0.2) is 6.23 Å². The number of benzene rings is 3. The van der Waals surface area contributed by atoms with E-state index < -0.39 is 22.4 Å². The van der Waals surface area contributed by atoms with Crippen LogP contribution in [0.1, 0.15) is 23.8 Å². The van der Waals surface area contributed by atoms with E-state index in [4.69, 9.17) is 18.9 Å². The average molecular weight is 614 g/mol. The van der Waals surface area contributed by atoms with Crippen molar-refractivity contribution < 1.29 is 36.6 Å². The van der Waals surface area contributed by atoms with E-state index in [2.05, 4.69) is 16.8 Å². The van der Waals surface area contributed by atoms with Gasteiger partial charge in [0.25, 0.3) is 0 Å². The monoisotopic (exact) mass is 613 g/mol. The number of methoxy groups -OCH3 is 1. The molecule has 1 unspecified atom stereocenters. The molecule has 5 rings (SSSR count). The summed E-state index contributed by atoms with van der Waals surface area (Å²) in [5.74, 6) is 1.09. The van der Waals surface area contributed by atoms with E-state index in [1.165, 1.54) is 55.6 Å². The van der Waals surface area contributed by atoms with E-state index in [-0.39, 0.29) is 17.3 Å². The van der Waals surface area contributed by atoms with E-state index in [1.54, 1.807) is 12.1 Å². The van der Waals surface area contributed by atoms with E-state index >= 15 is 0 Å². The van der Waals surface area contributed by atoms with Crippen molar-refractivity contribution in [1.29, 1.82) is 0 Å². The minimum Gasteiger partial charge on any atom is -0.494 e. The van der Waals surface area contributed by atoms with Gasteiger partial charge in [-0.3, -0.25) is 0 Å². The first-order chi connectivity index (χ1) is 20.7. The van der Waals surface area contributed by atoms with Gasteiger partial charge in [0.05, 0.1) is 18.6 Å². The molecule has 1 fully saturated rings. The SMILES string of the molecule is COC(=O)OC1c2ccc(OCCCN3CCN(C)CC3)cc2CCN1S(=O)(=O)c1ccc(Oc2ccc(F)cc2)cc1. The molecule has 0 N–H and O–H groups in total. The Bertz CT molecular complexity index is 1490. The highest BCUT2D eigenvalue weighted by Crippen LogP contribution is 2.37. The Balaban J connectivity index is 1.27. The number of hydrogen-bond acceptors (Lipinski definition) is 9. The normalized spacial score (nSPS) is 18.1. The Morgan fingerprint density at radius 1 is 0.907 bits per heavy atom. The summed E-state index contributed by atoms with van der Waals surface area (Å²) in [6.07, 6.45) is -0.915. The number of ether oxygens (including phenoxy) is 4. The molecule has 1 saturated heterocycles. The molecule has 3 aromatic rings. The van der Waals surface area contributed by atoms with Gasteiger partial charge in [-0.25, -0.2) is 17.6 Å². The molecule has 0 spiro atoms. The molecule has 2 aliphatic heterocycles. The zero-order valence-electron chi connectivity index (χ0n) is 24.3. The molecule has 43 heavy (non-hydrogen) atoms. The summed E-state index contributed by atoms with van der Waals surface area (Å²) in [5.41, 5.74) is 1.38. The molecule has 3 aromatic carbocycles. The lowest BCUT2D eigenvalue weighted by Crippen LogP contribution is -2.44. The molecule has 0 amide bonds. The van der Waals surface area contributed by atoms with Crippen LogP contribution in [-0.2, 0) is 25.9 Å². The summed E-state index contributed by atoms with van der Waals surface area (Å²) in [4.78, 5) is 17.0. The smallest absolute Gasteiger partial charge is 0.494 e. The number of halogens is 1. The van der Waals surface area contributed by atoms with Crippen molar-refractivity contribution in [2.24, 2.45) is 0 Å². The topological polar surface area (TPSA) is 97.9 Å². The molecule has 0 bridgehead atoms. The molecular formula is C31H36FN3O7S. The number of likely N-dealkylation sites (N-methyl/N-ethyl adjacent to an activating group) is 1. The molecule has 1 atom stereocenters. The summed E-state index contributed by atoms with van der Waals surface area (Å²) in [7, 11) is -0.782. The van der Waals surface area contributed by atoms with Gasteiger partial charge in [-0.05, 0) is 92.2 Å². The lowest BCUT2D eigenvalue weighted by molar-refractivity contribution is -0.0149. The van der Waals surface area contributed by atoms with E-state index in [9.17, 15) is 17.6 Å². The second kappa shape index (κ2) is 13.7. The van der Waals surface area contributed by atoms with Gasteiger partial charge in [0, 0.05) is 44.8 Å². The van der Waals surface area contributed by atoms with Gasteiger partial charge in [-0.2, -0.15) is 4.31 Å².